The summed E-state index contributed by atoms with van der Waals surface area (Å²) in [7, 11) is -4.08. The van der Waals surface area contributed by atoms with Crippen LogP contribution in [0.3, 0.4) is 0 Å². The molecule has 4 aromatic rings. The molecule has 9 heteroatoms. The van der Waals surface area contributed by atoms with Gasteiger partial charge in [0.05, 0.1) is 23.0 Å². The fourth-order valence-corrected chi connectivity index (χ4v) is 7.70. The number of ether oxygens (including phenoxy) is 1. The van der Waals surface area contributed by atoms with Crippen LogP contribution in [0.1, 0.15) is 66.3 Å². The lowest BCUT2D eigenvalue weighted by molar-refractivity contribution is -0.159. The van der Waals surface area contributed by atoms with Crippen molar-refractivity contribution >= 4 is 22.1 Å². The third-order valence-corrected chi connectivity index (χ3v) is 10.2. The average Bonchev–Trinajstić information content (AvgIpc) is 3.41. The molecule has 8 nitrogen and oxygen atoms in total. The molecule has 0 aliphatic carbocycles. The standard InChI is InChI=1S/C36H42N2O6S/c1-23-18-25(3)35(26(4)19-23)45(41,42)38(21-30-14-10-8-11-15-30)28(6)34(31-16-12-9-13-17-31)44-36(40)27(5)33(39)24(2)20-32-22-43-29(7)37-32/h8-20,22,27-28,33-34,39H,21H2,1-7H3/b24-20+/t27-,28+,33-,34+/m0/s1. The number of aliphatic hydroxyl groups is 1. The van der Waals surface area contributed by atoms with Crippen LogP contribution in [0.4, 0.5) is 0 Å². The first kappa shape index (κ1) is 33.8. The zero-order valence-electron chi connectivity index (χ0n) is 26.9. The lowest BCUT2D eigenvalue weighted by atomic mass is 9.97. The van der Waals surface area contributed by atoms with Crippen molar-refractivity contribution in [3.8, 4) is 0 Å². The summed E-state index contributed by atoms with van der Waals surface area (Å²) in [6, 6.07) is 21.3. The van der Waals surface area contributed by atoms with E-state index in [1.165, 1.54) is 10.6 Å². The fraction of sp³-hybridized carbons (Fsp3) is 0.333. The van der Waals surface area contributed by atoms with Crippen LogP contribution in [0.15, 0.2) is 93.9 Å². The number of benzene rings is 3. The molecule has 1 N–H and O–H groups in total. The third kappa shape index (κ3) is 7.97. The summed E-state index contributed by atoms with van der Waals surface area (Å²) in [4.78, 5) is 18.1. The quantitative estimate of drug-likeness (QED) is 0.170. The van der Waals surface area contributed by atoms with Crippen LogP contribution in [0.2, 0.25) is 0 Å². The van der Waals surface area contributed by atoms with E-state index >= 15 is 0 Å². The van der Waals surface area contributed by atoms with Gasteiger partial charge in [0.25, 0.3) is 0 Å². The number of aromatic nitrogens is 1. The molecule has 0 amide bonds. The molecule has 0 radical (unpaired) electrons. The number of aliphatic hydroxyl groups excluding tert-OH is 1. The second-order valence-electron chi connectivity index (χ2n) is 11.7. The third-order valence-electron chi connectivity index (χ3n) is 7.94. The Morgan fingerprint density at radius 1 is 0.978 bits per heavy atom. The zero-order valence-corrected chi connectivity index (χ0v) is 27.7. The molecule has 1 heterocycles. The number of hydrogen-bond donors (Lipinski definition) is 1. The monoisotopic (exact) mass is 630 g/mol. The van der Waals surface area contributed by atoms with Gasteiger partial charge in [0.1, 0.15) is 18.1 Å². The Balaban J connectivity index is 1.73. The van der Waals surface area contributed by atoms with Crippen LogP contribution in [-0.2, 0) is 26.1 Å². The van der Waals surface area contributed by atoms with Gasteiger partial charge in [-0.3, -0.25) is 4.79 Å². The molecule has 45 heavy (non-hydrogen) atoms. The molecule has 4 rings (SSSR count). The number of aryl methyl sites for hydroxylation is 4. The highest BCUT2D eigenvalue weighted by atomic mass is 32.2. The summed E-state index contributed by atoms with van der Waals surface area (Å²) < 4.78 is 42.0. The predicted octanol–water partition coefficient (Wildman–Crippen LogP) is 6.87. The minimum atomic E-state index is -4.08. The van der Waals surface area contributed by atoms with E-state index in [1.54, 1.807) is 47.6 Å². The molecule has 0 saturated carbocycles. The number of nitrogens with zero attached hydrogens (tertiary/aromatic N) is 2. The van der Waals surface area contributed by atoms with Gasteiger partial charge < -0.3 is 14.3 Å². The molecular weight excluding hydrogens is 588 g/mol. The number of hydrogen-bond acceptors (Lipinski definition) is 7. The Labute approximate surface area is 266 Å². The first-order chi connectivity index (χ1) is 21.3. The van der Waals surface area contributed by atoms with E-state index in [4.69, 9.17) is 9.15 Å². The smallest absolute Gasteiger partial charge is 0.312 e. The Hall–Kier alpha value is -4.05. The molecular formula is C36H42N2O6S. The van der Waals surface area contributed by atoms with Crippen molar-refractivity contribution in [2.24, 2.45) is 5.92 Å². The molecule has 0 aliphatic heterocycles. The van der Waals surface area contributed by atoms with Crippen LogP contribution in [0.25, 0.3) is 6.08 Å². The van der Waals surface area contributed by atoms with Gasteiger partial charge in [0, 0.05) is 13.5 Å². The van der Waals surface area contributed by atoms with Crippen molar-refractivity contribution in [3.63, 3.8) is 0 Å². The molecule has 0 saturated heterocycles. The molecule has 1 aromatic heterocycles. The average molecular weight is 631 g/mol. The van der Waals surface area contributed by atoms with Crippen molar-refractivity contribution in [2.75, 3.05) is 0 Å². The summed E-state index contributed by atoms with van der Waals surface area (Å²) in [5.41, 5.74) is 4.73. The summed E-state index contributed by atoms with van der Waals surface area (Å²) in [5, 5.41) is 11.1. The summed E-state index contributed by atoms with van der Waals surface area (Å²) in [5.74, 6) is -1.12. The predicted molar refractivity (Wildman–Crippen MR) is 175 cm³/mol. The Morgan fingerprint density at radius 3 is 2.11 bits per heavy atom. The molecule has 0 spiro atoms. The maximum atomic E-state index is 14.6. The minimum absolute atomic E-state index is 0.0646. The molecule has 0 fully saturated rings. The molecule has 0 aliphatic rings. The lowest BCUT2D eigenvalue weighted by Gasteiger charge is -2.35. The summed E-state index contributed by atoms with van der Waals surface area (Å²) >= 11 is 0. The second-order valence-corrected chi connectivity index (χ2v) is 13.5. The van der Waals surface area contributed by atoms with Crippen molar-refractivity contribution < 1.29 is 27.5 Å². The van der Waals surface area contributed by atoms with E-state index in [0.717, 1.165) is 11.1 Å². The lowest BCUT2D eigenvalue weighted by Crippen LogP contribution is -2.44. The molecule has 4 atom stereocenters. The van der Waals surface area contributed by atoms with Gasteiger partial charge in [-0.2, -0.15) is 4.31 Å². The Bertz CT molecular complexity index is 1730. The number of sulfonamides is 1. The zero-order chi connectivity index (χ0) is 32.9. The van der Waals surface area contributed by atoms with E-state index in [1.807, 2.05) is 79.7 Å². The van der Waals surface area contributed by atoms with Crippen molar-refractivity contribution in [3.05, 3.63) is 124 Å². The topological polar surface area (TPSA) is 110 Å². The first-order valence-electron chi connectivity index (χ1n) is 15.0. The number of carbonyl (C=O) groups excluding carboxylic acids is 1. The van der Waals surface area contributed by atoms with E-state index in [9.17, 15) is 18.3 Å². The highest BCUT2D eigenvalue weighted by molar-refractivity contribution is 7.89. The fourth-order valence-electron chi connectivity index (χ4n) is 5.66. The maximum Gasteiger partial charge on any atom is 0.312 e. The van der Waals surface area contributed by atoms with Crippen LogP contribution < -0.4 is 0 Å². The Kier molecular flexibility index (Phi) is 10.8. The number of oxazole rings is 1. The van der Waals surface area contributed by atoms with Crippen LogP contribution in [-0.4, -0.2) is 40.9 Å². The number of carbonyl (C=O) groups is 1. The largest absolute Gasteiger partial charge is 0.455 e. The van der Waals surface area contributed by atoms with Gasteiger partial charge in [0.15, 0.2) is 5.89 Å². The van der Waals surface area contributed by atoms with Crippen LogP contribution in [0, 0.1) is 33.6 Å². The van der Waals surface area contributed by atoms with E-state index in [0.29, 0.717) is 33.8 Å². The highest BCUT2D eigenvalue weighted by Gasteiger charge is 2.39. The second kappa shape index (κ2) is 14.4. The van der Waals surface area contributed by atoms with Gasteiger partial charge in [-0.05, 0) is 75.4 Å². The number of rotatable bonds is 12. The van der Waals surface area contributed by atoms with Gasteiger partial charge in [-0.25, -0.2) is 13.4 Å². The molecule has 238 valence electrons. The molecule has 0 unspecified atom stereocenters. The van der Waals surface area contributed by atoms with Crippen molar-refractivity contribution in [2.45, 2.75) is 78.2 Å². The van der Waals surface area contributed by atoms with E-state index in [-0.39, 0.29) is 11.4 Å². The van der Waals surface area contributed by atoms with Crippen LogP contribution in [0.5, 0.6) is 0 Å². The number of esters is 1. The van der Waals surface area contributed by atoms with Crippen LogP contribution >= 0.6 is 0 Å². The Morgan fingerprint density at radius 2 is 1.56 bits per heavy atom. The van der Waals surface area contributed by atoms with Gasteiger partial charge in [0.2, 0.25) is 10.0 Å². The normalized spacial score (nSPS) is 15.0. The molecule has 0 bridgehead atoms. The highest BCUT2D eigenvalue weighted by Crippen LogP contribution is 2.34. The maximum absolute atomic E-state index is 14.6. The minimum Gasteiger partial charge on any atom is -0.455 e. The van der Waals surface area contributed by atoms with E-state index in [2.05, 4.69) is 4.98 Å². The van der Waals surface area contributed by atoms with Gasteiger partial charge in [-0.1, -0.05) is 78.4 Å². The van der Waals surface area contributed by atoms with Gasteiger partial charge in [-0.15, -0.1) is 0 Å². The SMILES string of the molecule is C/C(=C\c1coc(C)n1)[C@H](O)[C@H](C)C(=O)O[C@@H](c1ccccc1)[C@@H](C)N(Cc1ccccc1)S(=O)(=O)c1c(C)cc(C)cc1C. The molecule has 3 aromatic carbocycles. The van der Waals surface area contributed by atoms with E-state index < -0.39 is 40.2 Å². The first-order valence-corrected chi connectivity index (χ1v) is 16.4. The summed E-state index contributed by atoms with van der Waals surface area (Å²) in [6.07, 6.45) is 0.993. The van der Waals surface area contributed by atoms with Crippen molar-refractivity contribution in [1.82, 2.24) is 9.29 Å². The van der Waals surface area contributed by atoms with Gasteiger partial charge >= 0.3 is 5.97 Å². The summed E-state index contributed by atoms with van der Waals surface area (Å²) in [6.45, 7) is 12.4. The van der Waals surface area contributed by atoms with Crippen molar-refractivity contribution in [1.29, 1.82) is 0 Å².